The minimum Gasteiger partial charge on any atom is -0.492 e. The number of carbonyl (C=O) groups is 1. The zero-order valence-corrected chi connectivity index (χ0v) is 13.1. The highest BCUT2D eigenvalue weighted by molar-refractivity contribution is 7.19. The van der Waals surface area contributed by atoms with Crippen molar-refractivity contribution >= 4 is 27.8 Å². The van der Waals surface area contributed by atoms with Crippen LogP contribution in [0.3, 0.4) is 0 Å². The van der Waals surface area contributed by atoms with Crippen LogP contribution in [0.1, 0.15) is 36.4 Å². The Morgan fingerprint density at radius 1 is 1.55 bits per heavy atom. The fourth-order valence-corrected chi connectivity index (χ4v) is 3.58. The smallest absolute Gasteiger partial charge is 0.177 e. The van der Waals surface area contributed by atoms with Crippen molar-refractivity contribution in [1.82, 2.24) is 0 Å². The number of Topliss-reactive ketones (excluding diaryl/α,β-unsaturated/α-hetero) is 1. The van der Waals surface area contributed by atoms with Gasteiger partial charge in [0.15, 0.2) is 11.5 Å². The van der Waals surface area contributed by atoms with Gasteiger partial charge in [-0.25, -0.2) is 0 Å². The van der Waals surface area contributed by atoms with Gasteiger partial charge in [0.2, 0.25) is 0 Å². The number of thiophene rings is 1. The molecule has 1 fully saturated rings. The van der Waals surface area contributed by atoms with Crippen LogP contribution in [0.2, 0.25) is 0 Å². The van der Waals surface area contributed by atoms with Crippen molar-refractivity contribution < 1.29 is 14.3 Å². The molecule has 2 heterocycles. The molecule has 1 unspecified atom stereocenters. The second-order valence-electron chi connectivity index (χ2n) is 4.81. The molecular weight excluding hydrogens is 276 g/mol. The monoisotopic (exact) mass is 298 g/mol. The molecule has 0 amide bonds. The van der Waals surface area contributed by atoms with Crippen LogP contribution in [0, 0.1) is 0 Å². The summed E-state index contributed by atoms with van der Waals surface area (Å²) < 4.78 is 11.1. The number of ketones is 1. The summed E-state index contributed by atoms with van der Waals surface area (Å²) in [5.41, 5.74) is 6.54. The molecule has 1 aliphatic rings. The van der Waals surface area contributed by atoms with Crippen molar-refractivity contribution in [2.45, 2.75) is 32.8 Å². The summed E-state index contributed by atoms with van der Waals surface area (Å²) in [7, 11) is 1.60. The summed E-state index contributed by atoms with van der Waals surface area (Å²) >= 11 is 1.43. The first-order valence-corrected chi connectivity index (χ1v) is 7.79. The number of nitrogens with two attached hydrogens (primary N) is 1. The van der Waals surface area contributed by atoms with E-state index in [1.807, 2.05) is 6.92 Å². The molecule has 0 aliphatic carbocycles. The SMILES string of the molecule is CCC(=O)c1sc(N2CCOC(CC)C2)c(OC)c1N. The van der Waals surface area contributed by atoms with E-state index < -0.39 is 0 Å². The highest BCUT2D eigenvalue weighted by atomic mass is 32.1. The standard InChI is InChI=1S/C14H22N2O3S/c1-4-9-8-16(6-7-19-9)14-12(18-3)11(15)13(20-14)10(17)5-2/h9H,4-8,15H2,1-3H3. The Kier molecular flexibility index (Phi) is 4.88. The molecule has 0 spiro atoms. The van der Waals surface area contributed by atoms with Gasteiger partial charge in [0.25, 0.3) is 0 Å². The van der Waals surface area contributed by atoms with E-state index in [2.05, 4.69) is 11.8 Å². The lowest BCUT2D eigenvalue weighted by atomic mass is 10.2. The lowest BCUT2D eigenvalue weighted by Gasteiger charge is -2.33. The average Bonchev–Trinajstić information content (AvgIpc) is 2.83. The van der Waals surface area contributed by atoms with Crippen LogP contribution in [-0.2, 0) is 4.74 Å². The first-order valence-electron chi connectivity index (χ1n) is 6.98. The van der Waals surface area contributed by atoms with Crippen LogP contribution in [0.25, 0.3) is 0 Å². The third-order valence-corrected chi connectivity index (χ3v) is 4.83. The Bertz CT molecular complexity index is 487. The van der Waals surface area contributed by atoms with Crippen LogP contribution in [0.4, 0.5) is 10.7 Å². The maximum atomic E-state index is 12.0. The Labute approximate surface area is 123 Å². The highest BCUT2D eigenvalue weighted by Gasteiger charge is 2.27. The number of methoxy groups -OCH3 is 1. The average molecular weight is 298 g/mol. The zero-order chi connectivity index (χ0) is 14.7. The maximum absolute atomic E-state index is 12.0. The fraction of sp³-hybridized carbons (Fsp3) is 0.643. The molecule has 112 valence electrons. The minimum absolute atomic E-state index is 0.0670. The molecule has 1 saturated heterocycles. The van der Waals surface area contributed by atoms with E-state index in [9.17, 15) is 4.79 Å². The second kappa shape index (κ2) is 6.45. The molecule has 6 heteroatoms. The number of morpholine rings is 1. The molecule has 2 N–H and O–H groups in total. The summed E-state index contributed by atoms with van der Waals surface area (Å²) in [6.07, 6.45) is 1.65. The fourth-order valence-electron chi connectivity index (χ4n) is 2.34. The van der Waals surface area contributed by atoms with Gasteiger partial charge >= 0.3 is 0 Å². The van der Waals surface area contributed by atoms with Gasteiger partial charge in [0.05, 0.1) is 30.4 Å². The van der Waals surface area contributed by atoms with Crippen molar-refractivity contribution in [3.63, 3.8) is 0 Å². The molecule has 0 bridgehead atoms. The van der Waals surface area contributed by atoms with E-state index in [1.54, 1.807) is 7.11 Å². The van der Waals surface area contributed by atoms with E-state index in [-0.39, 0.29) is 11.9 Å². The van der Waals surface area contributed by atoms with Gasteiger partial charge in [-0.1, -0.05) is 13.8 Å². The lowest BCUT2D eigenvalue weighted by molar-refractivity contribution is 0.0385. The van der Waals surface area contributed by atoms with Crippen LogP contribution in [0.5, 0.6) is 5.75 Å². The molecule has 20 heavy (non-hydrogen) atoms. The van der Waals surface area contributed by atoms with Gasteiger partial charge < -0.3 is 20.1 Å². The van der Waals surface area contributed by atoms with Gasteiger partial charge in [0, 0.05) is 19.5 Å². The third kappa shape index (κ3) is 2.76. The van der Waals surface area contributed by atoms with Crippen molar-refractivity contribution in [3.8, 4) is 5.75 Å². The highest BCUT2D eigenvalue weighted by Crippen LogP contribution is 2.45. The van der Waals surface area contributed by atoms with E-state index in [0.717, 1.165) is 24.5 Å². The molecule has 5 nitrogen and oxygen atoms in total. The number of hydrogen-bond donors (Lipinski definition) is 1. The minimum atomic E-state index is 0.0670. The Balaban J connectivity index is 2.33. The largest absolute Gasteiger partial charge is 0.492 e. The molecule has 0 radical (unpaired) electrons. The van der Waals surface area contributed by atoms with Crippen LogP contribution in [-0.4, -0.2) is 38.7 Å². The number of hydrogen-bond acceptors (Lipinski definition) is 6. The summed E-state index contributed by atoms with van der Waals surface area (Å²) in [5.74, 6) is 0.695. The van der Waals surface area contributed by atoms with Crippen LogP contribution in [0.15, 0.2) is 0 Å². The summed E-state index contributed by atoms with van der Waals surface area (Å²) in [5, 5.41) is 0.948. The number of carbonyl (C=O) groups excluding carboxylic acids is 1. The number of anilines is 2. The first kappa shape index (κ1) is 15.1. The predicted molar refractivity (Wildman–Crippen MR) is 82.1 cm³/mol. The number of nitrogens with zero attached hydrogens (tertiary/aromatic N) is 1. The van der Waals surface area contributed by atoms with E-state index >= 15 is 0 Å². The molecule has 1 aromatic heterocycles. The van der Waals surface area contributed by atoms with Gasteiger partial charge in [-0.2, -0.15) is 0 Å². The quantitative estimate of drug-likeness (QED) is 0.846. The summed E-state index contributed by atoms with van der Waals surface area (Å²) in [4.78, 5) is 14.8. The van der Waals surface area contributed by atoms with E-state index in [0.29, 0.717) is 29.3 Å². The number of ether oxygens (including phenoxy) is 2. The topological polar surface area (TPSA) is 64.8 Å². The van der Waals surface area contributed by atoms with Gasteiger partial charge in [0.1, 0.15) is 5.00 Å². The summed E-state index contributed by atoms with van der Waals surface area (Å²) in [6.45, 7) is 6.26. The van der Waals surface area contributed by atoms with Crippen LogP contribution < -0.4 is 15.4 Å². The number of rotatable bonds is 5. The molecular formula is C14H22N2O3S. The van der Waals surface area contributed by atoms with Crippen molar-refractivity contribution in [1.29, 1.82) is 0 Å². The maximum Gasteiger partial charge on any atom is 0.177 e. The molecule has 0 aromatic carbocycles. The predicted octanol–water partition coefficient (Wildman–Crippen LogP) is 2.55. The van der Waals surface area contributed by atoms with Crippen molar-refractivity contribution in [2.24, 2.45) is 0 Å². The molecule has 0 saturated carbocycles. The zero-order valence-electron chi connectivity index (χ0n) is 12.3. The lowest BCUT2D eigenvalue weighted by Crippen LogP contribution is -2.42. The van der Waals surface area contributed by atoms with Crippen molar-refractivity contribution in [3.05, 3.63) is 4.88 Å². The Hall–Kier alpha value is -1.27. The first-order chi connectivity index (χ1) is 9.62. The molecule has 1 atom stereocenters. The van der Waals surface area contributed by atoms with Gasteiger partial charge in [-0.15, -0.1) is 11.3 Å². The Morgan fingerprint density at radius 3 is 2.90 bits per heavy atom. The molecule has 1 aliphatic heterocycles. The van der Waals surface area contributed by atoms with Crippen molar-refractivity contribution in [2.75, 3.05) is 37.4 Å². The summed E-state index contributed by atoms with van der Waals surface area (Å²) in [6, 6.07) is 0. The second-order valence-corrected chi connectivity index (χ2v) is 5.81. The molecule has 2 rings (SSSR count). The number of nitrogen functional groups attached to an aromatic ring is 1. The van der Waals surface area contributed by atoms with E-state index in [1.165, 1.54) is 11.3 Å². The molecule has 1 aromatic rings. The van der Waals surface area contributed by atoms with Gasteiger partial charge in [-0.3, -0.25) is 4.79 Å². The van der Waals surface area contributed by atoms with E-state index in [4.69, 9.17) is 15.2 Å². The normalized spacial score (nSPS) is 19.1. The van der Waals surface area contributed by atoms with Crippen LogP contribution >= 0.6 is 11.3 Å². The Morgan fingerprint density at radius 2 is 2.30 bits per heavy atom. The third-order valence-electron chi connectivity index (χ3n) is 3.54. The van der Waals surface area contributed by atoms with Gasteiger partial charge in [-0.05, 0) is 6.42 Å².